The fourth-order valence-electron chi connectivity index (χ4n) is 5.61. The molecule has 1 fully saturated rings. The minimum atomic E-state index is -3.78. The Bertz CT molecular complexity index is 1340. The maximum absolute atomic E-state index is 14.9. The fraction of sp³-hybridized carbons (Fsp3) is 0.273. The first-order valence-electron chi connectivity index (χ1n) is 12.0. The van der Waals surface area contributed by atoms with Crippen LogP contribution in [0.25, 0.3) is 0 Å². The molecule has 0 aromatic heterocycles. The lowest BCUT2D eigenvalue weighted by atomic mass is 9.63. The lowest BCUT2D eigenvalue weighted by Crippen LogP contribution is -2.53. The van der Waals surface area contributed by atoms with E-state index in [9.17, 15) is 28.0 Å². The highest BCUT2D eigenvalue weighted by atomic mass is 35.5. The molecule has 2 aliphatic rings. The second kappa shape index (κ2) is 9.70. The number of amides is 4. The number of fused-ring (bicyclic) bond motifs is 1. The van der Waals surface area contributed by atoms with Crippen molar-refractivity contribution in [2.75, 3.05) is 0 Å². The average Bonchev–Trinajstić information content (AvgIpc) is 3.08. The molecule has 0 aliphatic carbocycles. The van der Waals surface area contributed by atoms with Crippen molar-refractivity contribution in [3.63, 3.8) is 0 Å². The van der Waals surface area contributed by atoms with Gasteiger partial charge in [0.1, 0.15) is 45.3 Å². The molecule has 0 saturated carbocycles. The van der Waals surface area contributed by atoms with Crippen molar-refractivity contribution >= 4 is 90.8 Å². The van der Waals surface area contributed by atoms with Gasteiger partial charge >= 0.3 is 5.92 Å². The van der Waals surface area contributed by atoms with Crippen molar-refractivity contribution < 1.29 is 28.0 Å². The van der Waals surface area contributed by atoms with Crippen LogP contribution >= 0.6 is 11.6 Å². The summed E-state index contributed by atoms with van der Waals surface area (Å²) in [6.45, 7) is 0. The Labute approximate surface area is 222 Å². The van der Waals surface area contributed by atoms with Gasteiger partial charge in [-0.25, -0.2) is 0 Å². The topological polar surface area (TPSA) is 95.6 Å². The molecule has 0 spiro atoms. The number of nitrogens with zero attached hydrogens (tertiary/aromatic N) is 1. The van der Waals surface area contributed by atoms with Gasteiger partial charge in [-0.2, -0.15) is 8.78 Å². The van der Waals surface area contributed by atoms with E-state index in [-0.39, 0.29) is 29.7 Å². The van der Waals surface area contributed by atoms with Crippen LogP contribution in [0, 0.1) is 0 Å². The van der Waals surface area contributed by atoms with E-state index >= 15 is 0 Å². The summed E-state index contributed by atoms with van der Waals surface area (Å²) in [6, 6.07) is 4.03. The first-order chi connectivity index (χ1) is 17.3. The van der Waals surface area contributed by atoms with Gasteiger partial charge in [-0.05, 0) is 29.7 Å². The summed E-state index contributed by atoms with van der Waals surface area (Å²) in [6.07, 6.45) is 0.362. The molecular formula is C22H23B5ClF2N3O4. The molecule has 2 aromatic carbocycles. The van der Waals surface area contributed by atoms with Crippen LogP contribution < -0.4 is 27.0 Å². The Morgan fingerprint density at radius 1 is 1.11 bits per heavy atom. The Balaban J connectivity index is 1.67. The van der Waals surface area contributed by atoms with Gasteiger partial charge in [-0.3, -0.25) is 24.5 Å². The van der Waals surface area contributed by atoms with Gasteiger partial charge in [-0.15, -0.1) is 0 Å². The molecule has 2 aromatic rings. The summed E-state index contributed by atoms with van der Waals surface area (Å²) in [5, 5.41) is 5.02. The number of carbonyl (C=O) groups excluding carboxylic acids is 4. The third-order valence-corrected chi connectivity index (χ3v) is 7.77. The average molecular weight is 521 g/mol. The van der Waals surface area contributed by atoms with Gasteiger partial charge in [0, 0.05) is 34.5 Å². The number of alkyl halides is 2. The number of piperidine rings is 1. The molecule has 4 amide bonds. The fourth-order valence-corrected chi connectivity index (χ4v) is 5.73. The van der Waals surface area contributed by atoms with E-state index in [0.29, 0.717) is 33.1 Å². The summed E-state index contributed by atoms with van der Waals surface area (Å²) in [7, 11) is 8.77. The number of hydrogen-bond donors (Lipinski definition) is 2. The van der Waals surface area contributed by atoms with Crippen LogP contribution in [0.15, 0.2) is 24.3 Å². The first-order valence-corrected chi connectivity index (χ1v) is 12.4. The van der Waals surface area contributed by atoms with Crippen LogP contribution in [0.1, 0.15) is 51.8 Å². The number of rotatable bonds is 5. The van der Waals surface area contributed by atoms with Crippen LogP contribution in [0.4, 0.5) is 8.78 Å². The molecule has 4 rings (SSSR count). The molecule has 0 radical (unpaired) electrons. The minimum absolute atomic E-state index is 0.135. The number of carbonyl (C=O) groups is 4. The van der Waals surface area contributed by atoms with Crippen molar-refractivity contribution in [3.05, 3.63) is 51.5 Å². The van der Waals surface area contributed by atoms with Crippen molar-refractivity contribution in [2.24, 2.45) is 0 Å². The zero-order chi connectivity index (χ0) is 27.4. The summed E-state index contributed by atoms with van der Waals surface area (Å²) in [5.74, 6) is -7.69. The number of benzene rings is 2. The SMILES string of the molecule is Bc1c(B)c(C(B)NC(=O)C(F)(F)c2ccc(Cl)cc2)c(B)c2c1C(=O)N(C1CCC(=O)NC1=O)C2B. The van der Waals surface area contributed by atoms with Gasteiger partial charge in [-0.1, -0.05) is 40.1 Å². The summed E-state index contributed by atoms with van der Waals surface area (Å²) >= 11 is 5.79. The van der Waals surface area contributed by atoms with Crippen molar-refractivity contribution in [2.45, 2.75) is 36.7 Å². The number of imide groups is 1. The van der Waals surface area contributed by atoms with E-state index in [4.69, 9.17) is 11.6 Å². The number of hydrogen-bond acceptors (Lipinski definition) is 4. The van der Waals surface area contributed by atoms with Gasteiger partial charge in [0.15, 0.2) is 0 Å². The van der Waals surface area contributed by atoms with Gasteiger partial charge in [0.05, 0.1) is 0 Å². The molecule has 3 unspecified atom stereocenters. The van der Waals surface area contributed by atoms with E-state index < -0.39 is 41.2 Å². The predicted molar refractivity (Wildman–Crippen MR) is 149 cm³/mol. The highest BCUT2D eigenvalue weighted by molar-refractivity contribution is 6.55. The number of halogens is 3. The maximum atomic E-state index is 14.9. The minimum Gasteiger partial charge on any atom is -0.352 e. The van der Waals surface area contributed by atoms with Crippen molar-refractivity contribution in [1.29, 1.82) is 0 Å². The molecule has 0 bridgehead atoms. The molecule has 2 N–H and O–H groups in total. The molecular weight excluding hydrogens is 498 g/mol. The maximum Gasteiger partial charge on any atom is 0.349 e. The highest BCUT2D eigenvalue weighted by Crippen LogP contribution is 2.34. The molecule has 15 heteroatoms. The van der Waals surface area contributed by atoms with Crippen molar-refractivity contribution in [3.8, 4) is 0 Å². The highest BCUT2D eigenvalue weighted by Gasteiger charge is 2.46. The van der Waals surface area contributed by atoms with Gasteiger partial charge in [0.2, 0.25) is 11.8 Å². The second-order valence-corrected chi connectivity index (χ2v) is 10.1. The molecule has 186 valence electrons. The van der Waals surface area contributed by atoms with Crippen LogP contribution in [0.2, 0.25) is 5.02 Å². The largest absolute Gasteiger partial charge is 0.352 e. The Hall–Kier alpha value is -3.01. The van der Waals surface area contributed by atoms with Gasteiger partial charge in [0.25, 0.3) is 11.8 Å². The third kappa shape index (κ3) is 4.49. The quantitative estimate of drug-likeness (QED) is 0.307. The third-order valence-electron chi connectivity index (χ3n) is 7.52. The predicted octanol–water partition coefficient (Wildman–Crippen LogP) is -4.45. The lowest BCUT2D eigenvalue weighted by molar-refractivity contribution is -0.147. The monoisotopic (exact) mass is 521 g/mol. The van der Waals surface area contributed by atoms with Crippen LogP contribution in [0.5, 0.6) is 0 Å². The zero-order valence-corrected chi connectivity index (χ0v) is 21.9. The standard InChI is InChI=1S/C22H23B5ClF2N3O4/c23-14-11-12(20(36)33(18(11)27)9-5-6-10(34)31-19(9)35)15(24)16(25)13(14)17(26)32-21(37)22(29,30)7-1-3-8(28)4-2-7/h1-4,9,17-18H,5-6,23-27H2,(H,32,37)(H,31,34,35). The Morgan fingerprint density at radius 3 is 2.32 bits per heavy atom. The number of nitrogens with one attached hydrogen (secondary N) is 2. The van der Waals surface area contributed by atoms with Gasteiger partial charge < -0.3 is 10.2 Å². The van der Waals surface area contributed by atoms with E-state index in [1.54, 1.807) is 39.2 Å². The van der Waals surface area contributed by atoms with E-state index in [1.165, 1.54) is 17.0 Å². The molecule has 2 heterocycles. The van der Waals surface area contributed by atoms with Crippen LogP contribution in [-0.2, 0) is 20.3 Å². The molecule has 7 nitrogen and oxygen atoms in total. The van der Waals surface area contributed by atoms with E-state index in [2.05, 4.69) is 10.6 Å². The zero-order valence-electron chi connectivity index (χ0n) is 21.2. The normalized spacial score (nSPS) is 20.4. The van der Waals surface area contributed by atoms with Crippen LogP contribution in [-0.4, -0.2) is 73.8 Å². The van der Waals surface area contributed by atoms with Crippen LogP contribution in [0.3, 0.4) is 0 Å². The van der Waals surface area contributed by atoms with E-state index in [0.717, 1.165) is 12.1 Å². The molecule has 2 aliphatic heterocycles. The Kier molecular flexibility index (Phi) is 7.09. The molecule has 3 atom stereocenters. The Morgan fingerprint density at radius 2 is 1.73 bits per heavy atom. The second-order valence-electron chi connectivity index (χ2n) is 9.71. The molecule has 1 saturated heterocycles. The van der Waals surface area contributed by atoms with E-state index in [1.807, 2.05) is 0 Å². The summed E-state index contributed by atoms with van der Waals surface area (Å²) in [5.41, 5.74) is 3.38. The van der Waals surface area contributed by atoms with Crippen molar-refractivity contribution in [1.82, 2.24) is 15.5 Å². The summed E-state index contributed by atoms with van der Waals surface area (Å²) < 4.78 is 29.8. The smallest absolute Gasteiger partial charge is 0.349 e. The summed E-state index contributed by atoms with van der Waals surface area (Å²) in [4.78, 5) is 51.9. The first kappa shape index (κ1) is 27.0. The molecule has 37 heavy (non-hydrogen) atoms. The lowest BCUT2D eigenvalue weighted by Gasteiger charge is -2.33.